The maximum Gasteiger partial charge on any atom is 0.267 e. The first-order chi connectivity index (χ1) is 9.16. The highest BCUT2D eigenvalue weighted by Gasteiger charge is 2.16. The molecule has 1 aromatic carbocycles. The summed E-state index contributed by atoms with van der Waals surface area (Å²) in [6.45, 7) is 0. The van der Waals surface area contributed by atoms with E-state index in [0.717, 1.165) is 11.7 Å². The number of amides is 1. The fraction of sp³-hybridized carbons (Fsp3) is 0. The van der Waals surface area contributed by atoms with Crippen LogP contribution in [0.1, 0.15) is 9.67 Å². The second-order valence-electron chi connectivity index (χ2n) is 3.71. The monoisotopic (exact) mass is 310 g/mol. The molecule has 0 spiro atoms. The lowest BCUT2D eigenvalue weighted by Crippen LogP contribution is -2.12. The Morgan fingerprint density at radius 1 is 1.32 bits per heavy atom. The number of nitrogen functional groups attached to an aromatic ring is 1. The standard InChI is InChI=1S/C11H7ClN4OS2/c12-5-1-2-7-9(16-19-15-7)8(5)14-11(17)10-6(13)3-4-18-10/h1-4H,13H2,(H,14,17). The van der Waals surface area contributed by atoms with E-state index in [4.69, 9.17) is 17.3 Å². The summed E-state index contributed by atoms with van der Waals surface area (Å²) in [5, 5.41) is 4.93. The predicted molar refractivity (Wildman–Crippen MR) is 79.1 cm³/mol. The van der Waals surface area contributed by atoms with Crippen molar-refractivity contribution in [1.29, 1.82) is 0 Å². The Hall–Kier alpha value is -1.70. The topological polar surface area (TPSA) is 80.9 Å². The average molecular weight is 311 g/mol. The SMILES string of the molecule is Nc1ccsc1C(=O)Nc1c(Cl)ccc2nsnc12. The number of hydrogen-bond donors (Lipinski definition) is 2. The van der Waals surface area contributed by atoms with Crippen molar-refractivity contribution in [1.82, 2.24) is 8.75 Å². The molecule has 0 saturated heterocycles. The highest BCUT2D eigenvalue weighted by Crippen LogP contribution is 2.31. The number of halogens is 1. The fourth-order valence-corrected chi connectivity index (χ4v) is 3.08. The average Bonchev–Trinajstić information content (AvgIpc) is 3.01. The van der Waals surface area contributed by atoms with Crippen LogP contribution in [0.2, 0.25) is 5.02 Å². The van der Waals surface area contributed by atoms with E-state index < -0.39 is 0 Å². The van der Waals surface area contributed by atoms with Gasteiger partial charge in [0.15, 0.2) is 0 Å². The number of aromatic nitrogens is 2. The van der Waals surface area contributed by atoms with Crippen LogP contribution in [0.3, 0.4) is 0 Å². The Balaban J connectivity index is 2.02. The molecule has 0 aliphatic carbocycles. The quantitative estimate of drug-likeness (QED) is 0.761. The third kappa shape index (κ3) is 2.16. The Labute approximate surface area is 121 Å². The highest BCUT2D eigenvalue weighted by atomic mass is 35.5. The van der Waals surface area contributed by atoms with Gasteiger partial charge in [-0.15, -0.1) is 11.3 Å². The second-order valence-corrected chi connectivity index (χ2v) is 5.57. The molecule has 8 heteroatoms. The molecular formula is C11H7ClN4OS2. The molecule has 3 aromatic rings. The van der Waals surface area contributed by atoms with Crippen LogP contribution in [0.15, 0.2) is 23.6 Å². The molecule has 1 amide bonds. The number of nitrogens with one attached hydrogen (secondary N) is 1. The molecule has 3 rings (SSSR count). The molecule has 96 valence electrons. The second kappa shape index (κ2) is 4.76. The van der Waals surface area contributed by atoms with Crippen LogP contribution in [-0.4, -0.2) is 14.7 Å². The van der Waals surface area contributed by atoms with Gasteiger partial charge in [-0.25, -0.2) is 0 Å². The van der Waals surface area contributed by atoms with Gasteiger partial charge in [-0.1, -0.05) is 11.6 Å². The van der Waals surface area contributed by atoms with E-state index >= 15 is 0 Å². The first kappa shape index (κ1) is 12.3. The van der Waals surface area contributed by atoms with E-state index in [9.17, 15) is 4.79 Å². The molecule has 0 atom stereocenters. The van der Waals surface area contributed by atoms with Crippen LogP contribution in [-0.2, 0) is 0 Å². The zero-order valence-corrected chi connectivity index (χ0v) is 11.8. The fourth-order valence-electron chi connectivity index (χ4n) is 1.62. The summed E-state index contributed by atoms with van der Waals surface area (Å²) in [6, 6.07) is 5.13. The summed E-state index contributed by atoms with van der Waals surface area (Å²) in [4.78, 5) is 12.6. The highest BCUT2D eigenvalue weighted by molar-refractivity contribution is 7.12. The number of anilines is 2. The summed E-state index contributed by atoms with van der Waals surface area (Å²) in [6.07, 6.45) is 0. The molecule has 0 unspecified atom stereocenters. The molecule has 0 bridgehead atoms. The van der Waals surface area contributed by atoms with Crippen LogP contribution < -0.4 is 11.1 Å². The van der Waals surface area contributed by atoms with E-state index in [-0.39, 0.29) is 5.91 Å². The Bertz CT molecular complexity index is 767. The van der Waals surface area contributed by atoms with Crippen molar-refractivity contribution >= 4 is 63.0 Å². The minimum absolute atomic E-state index is 0.296. The van der Waals surface area contributed by atoms with Crippen molar-refractivity contribution in [3.63, 3.8) is 0 Å². The number of nitrogens with zero attached hydrogens (tertiary/aromatic N) is 2. The van der Waals surface area contributed by atoms with E-state index in [1.807, 2.05) is 0 Å². The van der Waals surface area contributed by atoms with E-state index in [0.29, 0.717) is 32.3 Å². The van der Waals surface area contributed by atoms with Gasteiger partial charge in [0.25, 0.3) is 5.91 Å². The molecule has 3 N–H and O–H groups in total. The number of nitrogens with two attached hydrogens (primary N) is 1. The van der Waals surface area contributed by atoms with Crippen molar-refractivity contribution in [2.45, 2.75) is 0 Å². The molecule has 0 saturated carbocycles. The van der Waals surface area contributed by atoms with Gasteiger partial charge >= 0.3 is 0 Å². The molecule has 19 heavy (non-hydrogen) atoms. The van der Waals surface area contributed by atoms with Gasteiger partial charge < -0.3 is 11.1 Å². The van der Waals surface area contributed by atoms with Crippen molar-refractivity contribution in [2.24, 2.45) is 0 Å². The largest absolute Gasteiger partial charge is 0.397 e. The summed E-state index contributed by atoms with van der Waals surface area (Å²) < 4.78 is 8.25. The van der Waals surface area contributed by atoms with Crippen LogP contribution in [0.4, 0.5) is 11.4 Å². The van der Waals surface area contributed by atoms with Gasteiger partial charge in [0.1, 0.15) is 15.9 Å². The van der Waals surface area contributed by atoms with Crippen molar-refractivity contribution < 1.29 is 4.79 Å². The van der Waals surface area contributed by atoms with Crippen LogP contribution in [0.5, 0.6) is 0 Å². The number of fused-ring (bicyclic) bond motifs is 1. The normalized spacial score (nSPS) is 10.8. The number of thiophene rings is 1. The number of carbonyl (C=O) groups is 1. The molecule has 0 fully saturated rings. The van der Waals surface area contributed by atoms with Crippen LogP contribution in [0.25, 0.3) is 11.0 Å². The van der Waals surface area contributed by atoms with Gasteiger partial charge in [0.2, 0.25) is 0 Å². The van der Waals surface area contributed by atoms with Crippen molar-refractivity contribution in [3.05, 3.63) is 33.5 Å². The van der Waals surface area contributed by atoms with Crippen LogP contribution >= 0.6 is 34.7 Å². The molecule has 5 nitrogen and oxygen atoms in total. The summed E-state index contributed by atoms with van der Waals surface area (Å²) in [5.41, 5.74) is 7.91. The van der Waals surface area contributed by atoms with E-state index in [1.165, 1.54) is 11.3 Å². The Kier molecular flexibility index (Phi) is 3.09. The van der Waals surface area contributed by atoms with E-state index in [2.05, 4.69) is 14.1 Å². The summed E-state index contributed by atoms with van der Waals surface area (Å²) in [5.74, 6) is -0.296. The number of rotatable bonds is 2. The lowest BCUT2D eigenvalue weighted by molar-refractivity contribution is 0.103. The molecule has 0 aliphatic rings. The molecule has 0 radical (unpaired) electrons. The van der Waals surface area contributed by atoms with Gasteiger partial charge in [0, 0.05) is 0 Å². The summed E-state index contributed by atoms with van der Waals surface area (Å²) >= 11 is 8.45. The van der Waals surface area contributed by atoms with Crippen LogP contribution in [0, 0.1) is 0 Å². The number of hydrogen-bond acceptors (Lipinski definition) is 6. The number of carbonyl (C=O) groups excluding carboxylic acids is 1. The summed E-state index contributed by atoms with van der Waals surface area (Å²) in [7, 11) is 0. The minimum Gasteiger partial charge on any atom is -0.397 e. The first-order valence-corrected chi connectivity index (χ1v) is 7.20. The molecule has 0 aliphatic heterocycles. The Morgan fingerprint density at radius 2 is 2.16 bits per heavy atom. The third-order valence-corrected chi connectivity index (χ3v) is 4.30. The zero-order valence-electron chi connectivity index (χ0n) is 9.38. The smallest absolute Gasteiger partial charge is 0.267 e. The maximum absolute atomic E-state index is 12.1. The zero-order chi connectivity index (χ0) is 13.4. The lowest BCUT2D eigenvalue weighted by Gasteiger charge is -2.06. The molecule has 2 aromatic heterocycles. The minimum atomic E-state index is -0.296. The van der Waals surface area contributed by atoms with Gasteiger partial charge in [0.05, 0.1) is 28.1 Å². The predicted octanol–water partition coefficient (Wildman–Crippen LogP) is 3.24. The van der Waals surface area contributed by atoms with Crippen molar-refractivity contribution in [2.75, 3.05) is 11.1 Å². The first-order valence-electron chi connectivity index (χ1n) is 5.22. The third-order valence-electron chi connectivity index (χ3n) is 2.52. The lowest BCUT2D eigenvalue weighted by atomic mass is 10.2. The molecular weight excluding hydrogens is 304 g/mol. The van der Waals surface area contributed by atoms with Gasteiger partial charge in [-0.3, -0.25) is 4.79 Å². The van der Waals surface area contributed by atoms with Gasteiger partial charge in [-0.2, -0.15) is 8.75 Å². The van der Waals surface area contributed by atoms with E-state index in [1.54, 1.807) is 23.6 Å². The molecule has 2 heterocycles. The van der Waals surface area contributed by atoms with Crippen molar-refractivity contribution in [3.8, 4) is 0 Å². The van der Waals surface area contributed by atoms with Gasteiger partial charge in [-0.05, 0) is 23.6 Å². The Morgan fingerprint density at radius 3 is 2.89 bits per heavy atom. The maximum atomic E-state index is 12.1. The number of benzene rings is 1.